The fourth-order valence-corrected chi connectivity index (χ4v) is 5.78. The first kappa shape index (κ1) is 13.5. The van der Waals surface area contributed by atoms with Crippen LogP contribution < -0.4 is 0 Å². The molecule has 0 saturated carbocycles. The maximum absolute atomic E-state index is 11.1. The maximum Gasteiger partial charge on any atom is 0.0709 e. The number of rotatable bonds is 2. The Balaban J connectivity index is 1.82. The number of aryl methyl sites for hydroxylation is 2. The van der Waals surface area contributed by atoms with Gasteiger partial charge in [0, 0.05) is 16.9 Å². The molecule has 2 saturated heterocycles. The van der Waals surface area contributed by atoms with Crippen molar-refractivity contribution in [2.24, 2.45) is 0 Å². The molecule has 104 valence electrons. The largest absolute Gasteiger partial charge is 0.389 e. The van der Waals surface area contributed by atoms with Crippen molar-refractivity contribution >= 4 is 11.8 Å². The molecule has 2 aliphatic rings. The summed E-state index contributed by atoms with van der Waals surface area (Å²) in [6, 6.07) is 6.46. The number of thioether (sulfide) groups is 1. The summed E-state index contributed by atoms with van der Waals surface area (Å²) in [6.07, 6.45) is 6.79. The van der Waals surface area contributed by atoms with Crippen LogP contribution in [0, 0.1) is 13.8 Å². The first-order chi connectivity index (χ1) is 9.06. The monoisotopic (exact) mass is 276 g/mol. The summed E-state index contributed by atoms with van der Waals surface area (Å²) >= 11 is 2.13. The van der Waals surface area contributed by atoms with Crippen LogP contribution in [0.3, 0.4) is 0 Å². The second-order valence-electron chi connectivity index (χ2n) is 6.49. The van der Waals surface area contributed by atoms with Crippen LogP contribution in [-0.4, -0.2) is 21.2 Å². The van der Waals surface area contributed by atoms with Crippen molar-refractivity contribution in [2.45, 2.75) is 68.5 Å². The third kappa shape index (κ3) is 2.85. The Morgan fingerprint density at radius 2 is 1.74 bits per heavy atom. The molecule has 2 aliphatic heterocycles. The van der Waals surface area contributed by atoms with E-state index in [9.17, 15) is 5.11 Å². The fourth-order valence-electron chi connectivity index (χ4n) is 3.81. The minimum atomic E-state index is -0.460. The summed E-state index contributed by atoms with van der Waals surface area (Å²) in [5.74, 6) is 0. The highest BCUT2D eigenvalue weighted by Gasteiger charge is 2.41. The molecule has 0 aromatic heterocycles. The first-order valence-corrected chi connectivity index (χ1v) is 8.43. The lowest BCUT2D eigenvalue weighted by Gasteiger charge is -2.44. The van der Waals surface area contributed by atoms with Crippen LogP contribution in [-0.2, 0) is 6.42 Å². The molecule has 0 amide bonds. The van der Waals surface area contributed by atoms with Gasteiger partial charge in [-0.1, -0.05) is 24.6 Å². The molecule has 0 aliphatic carbocycles. The van der Waals surface area contributed by atoms with Gasteiger partial charge in [0.05, 0.1) is 5.60 Å². The van der Waals surface area contributed by atoms with E-state index in [0.717, 1.165) is 19.3 Å². The first-order valence-electron chi connectivity index (χ1n) is 7.49. The van der Waals surface area contributed by atoms with Crippen molar-refractivity contribution in [2.75, 3.05) is 0 Å². The average Bonchev–Trinajstić information content (AvgIpc) is 2.33. The van der Waals surface area contributed by atoms with Gasteiger partial charge in [-0.25, -0.2) is 0 Å². The predicted octanol–water partition coefficient (Wildman–Crippen LogP) is 4.03. The van der Waals surface area contributed by atoms with Crippen LogP contribution in [0.4, 0.5) is 0 Å². The minimum Gasteiger partial charge on any atom is -0.389 e. The van der Waals surface area contributed by atoms with Crippen LogP contribution in [0.1, 0.15) is 48.8 Å². The Hall–Kier alpha value is -0.470. The smallest absolute Gasteiger partial charge is 0.0709 e. The lowest BCUT2D eigenvalue weighted by atomic mass is 9.79. The van der Waals surface area contributed by atoms with E-state index in [4.69, 9.17) is 0 Å². The molecular weight excluding hydrogens is 252 g/mol. The average molecular weight is 276 g/mol. The van der Waals surface area contributed by atoms with Crippen LogP contribution in [0.15, 0.2) is 18.2 Å². The highest BCUT2D eigenvalue weighted by atomic mass is 32.2. The SMILES string of the molecule is Cc1cccc(C)c1CC1(O)CC2CCCC(C1)S2. The fraction of sp³-hybridized carbons (Fsp3) is 0.647. The normalized spacial score (nSPS) is 34.3. The lowest BCUT2D eigenvalue weighted by molar-refractivity contribution is 0.0127. The lowest BCUT2D eigenvalue weighted by Crippen LogP contribution is -2.44. The predicted molar refractivity (Wildman–Crippen MR) is 82.8 cm³/mol. The van der Waals surface area contributed by atoms with E-state index in [1.807, 2.05) is 0 Å². The van der Waals surface area contributed by atoms with E-state index in [-0.39, 0.29) is 0 Å². The van der Waals surface area contributed by atoms with Crippen molar-refractivity contribution in [3.8, 4) is 0 Å². The molecule has 1 N–H and O–H groups in total. The second-order valence-corrected chi connectivity index (χ2v) is 8.10. The molecule has 2 heteroatoms. The van der Waals surface area contributed by atoms with Crippen LogP contribution >= 0.6 is 11.8 Å². The number of hydrogen-bond donors (Lipinski definition) is 1. The molecular formula is C17H24OS. The van der Waals surface area contributed by atoms with Gasteiger partial charge in [0.1, 0.15) is 0 Å². The molecule has 2 fully saturated rings. The van der Waals surface area contributed by atoms with Crippen LogP contribution in [0.5, 0.6) is 0 Å². The van der Waals surface area contributed by atoms with E-state index in [1.54, 1.807) is 0 Å². The molecule has 2 unspecified atom stereocenters. The molecule has 2 bridgehead atoms. The van der Waals surface area contributed by atoms with Gasteiger partial charge in [0.25, 0.3) is 0 Å². The summed E-state index contributed by atoms with van der Waals surface area (Å²) in [7, 11) is 0. The summed E-state index contributed by atoms with van der Waals surface area (Å²) in [5.41, 5.74) is 3.57. The summed E-state index contributed by atoms with van der Waals surface area (Å²) in [6.45, 7) is 4.34. The molecule has 0 spiro atoms. The molecule has 2 atom stereocenters. The van der Waals surface area contributed by atoms with E-state index < -0.39 is 5.60 Å². The number of benzene rings is 1. The quantitative estimate of drug-likeness (QED) is 0.880. The summed E-state index contributed by atoms with van der Waals surface area (Å²) in [4.78, 5) is 0. The zero-order chi connectivity index (χ0) is 13.5. The van der Waals surface area contributed by atoms with Crippen LogP contribution in [0.2, 0.25) is 0 Å². The minimum absolute atomic E-state index is 0.460. The van der Waals surface area contributed by atoms with Crippen molar-refractivity contribution in [3.63, 3.8) is 0 Å². The Bertz CT molecular complexity index is 436. The van der Waals surface area contributed by atoms with Crippen molar-refractivity contribution < 1.29 is 5.11 Å². The van der Waals surface area contributed by atoms with Gasteiger partial charge in [-0.05, 0) is 56.2 Å². The van der Waals surface area contributed by atoms with Gasteiger partial charge < -0.3 is 5.11 Å². The van der Waals surface area contributed by atoms with E-state index in [0.29, 0.717) is 10.5 Å². The van der Waals surface area contributed by atoms with Crippen molar-refractivity contribution in [1.82, 2.24) is 0 Å². The molecule has 1 aromatic carbocycles. The number of fused-ring (bicyclic) bond motifs is 2. The standard InChI is InChI=1S/C17H24OS/c1-12-5-3-6-13(2)16(12)11-17(18)9-14-7-4-8-15(10-17)19-14/h3,5-6,14-15,18H,4,7-11H2,1-2H3. The highest BCUT2D eigenvalue weighted by molar-refractivity contribution is 8.00. The Labute approximate surface area is 120 Å². The highest BCUT2D eigenvalue weighted by Crippen LogP contribution is 2.46. The molecule has 3 rings (SSSR count). The summed E-state index contributed by atoms with van der Waals surface area (Å²) < 4.78 is 0. The third-order valence-electron chi connectivity index (χ3n) is 4.80. The van der Waals surface area contributed by atoms with Gasteiger partial charge in [-0.15, -0.1) is 0 Å². The van der Waals surface area contributed by atoms with Gasteiger partial charge in [0.15, 0.2) is 0 Å². The van der Waals surface area contributed by atoms with Gasteiger partial charge in [-0.3, -0.25) is 0 Å². The van der Waals surface area contributed by atoms with Gasteiger partial charge in [-0.2, -0.15) is 11.8 Å². The Kier molecular flexibility index (Phi) is 3.65. The third-order valence-corrected chi connectivity index (χ3v) is 6.38. The molecule has 0 radical (unpaired) electrons. The van der Waals surface area contributed by atoms with E-state index >= 15 is 0 Å². The van der Waals surface area contributed by atoms with E-state index in [1.165, 1.54) is 36.0 Å². The zero-order valence-electron chi connectivity index (χ0n) is 12.0. The molecule has 1 nitrogen and oxygen atoms in total. The Morgan fingerprint density at radius 1 is 1.16 bits per heavy atom. The van der Waals surface area contributed by atoms with Gasteiger partial charge >= 0.3 is 0 Å². The molecule has 1 aromatic rings. The number of aliphatic hydroxyl groups is 1. The topological polar surface area (TPSA) is 20.2 Å². The molecule has 19 heavy (non-hydrogen) atoms. The Morgan fingerprint density at radius 3 is 2.32 bits per heavy atom. The van der Waals surface area contributed by atoms with Crippen LogP contribution in [0.25, 0.3) is 0 Å². The van der Waals surface area contributed by atoms with E-state index in [2.05, 4.69) is 43.8 Å². The van der Waals surface area contributed by atoms with Crippen molar-refractivity contribution in [1.29, 1.82) is 0 Å². The summed E-state index contributed by atoms with van der Waals surface area (Å²) in [5, 5.41) is 12.5. The van der Waals surface area contributed by atoms with Gasteiger partial charge in [0.2, 0.25) is 0 Å². The van der Waals surface area contributed by atoms with Crippen molar-refractivity contribution in [3.05, 3.63) is 34.9 Å². The maximum atomic E-state index is 11.1. The second kappa shape index (κ2) is 5.14. The zero-order valence-corrected chi connectivity index (χ0v) is 12.8. The number of hydrogen-bond acceptors (Lipinski definition) is 2. The molecule has 2 heterocycles.